The van der Waals surface area contributed by atoms with Crippen molar-refractivity contribution in [2.24, 2.45) is 7.05 Å². The number of pyridine rings is 1. The molecule has 0 spiro atoms. The van der Waals surface area contributed by atoms with E-state index < -0.39 is 0 Å². The normalized spacial score (nSPS) is 11.3. The van der Waals surface area contributed by atoms with Gasteiger partial charge in [0.05, 0.1) is 17.7 Å². The number of hydrogen-bond acceptors (Lipinski definition) is 4. The summed E-state index contributed by atoms with van der Waals surface area (Å²) in [4.78, 5) is 10.7. The third-order valence-corrected chi connectivity index (χ3v) is 4.09. The van der Waals surface area contributed by atoms with Crippen LogP contribution < -0.4 is 0 Å². The zero-order valence-electron chi connectivity index (χ0n) is 14.3. The monoisotopic (exact) mass is 324 g/mol. The van der Waals surface area contributed by atoms with Crippen molar-refractivity contribution in [3.05, 3.63) is 66.3 Å². The number of nitrogens with zero attached hydrogens (tertiary/aromatic N) is 6. The SMILES string of the molecule is Cc1cc(CN(CCCn2ccnc2)Cc2ccncc2)n(C)n1. The summed E-state index contributed by atoms with van der Waals surface area (Å²) >= 11 is 0. The van der Waals surface area contributed by atoms with E-state index in [1.165, 1.54) is 11.3 Å². The van der Waals surface area contributed by atoms with Crippen LogP contribution >= 0.6 is 0 Å². The van der Waals surface area contributed by atoms with Crippen LogP contribution in [0.1, 0.15) is 23.4 Å². The molecule has 3 heterocycles. The maximum Gasteiger partial charge on any atom is 0.0945 e. The minimum Gasteiger partial charge on any atom is -0.337 e. The molecule has 0 atom stereocenters. The van der Waals surface area contributed by atoms with Gasteiger partial charge in [0, 0.05) is 58.0 Å². The quantitative estimate of drug-likeness (QED) is 0.638. The van der Waals surface area contributed by atoms with Crippen LogP contribution in [-0.2, 0) is 26.7 Å². The van der Waals surface area contributed by atoms with Crippen LogP contribution in [0.15, 0.2) is 49.3 Å². The average Bonchev–Trinajstić information content (AvgIpc) is 3.18. The lowest BCUT2D eigenvalue weighted by Gasteiger charge is -2.22. The highest BCUT2D eigenvalue weighted by Gasteiger charge is 2.11. The second-order valence-corrected chi connectivity index (χ2v) is 6.12. The van der Waals surface area contributed by atoms with Crippen LogP contribution in [0.25, 0.3) is 0 Å². The molecule has 0 amide bonds. The maximum absolute atomic E-state index is 4.46. The molecule has 0 saturated carbocycles. The van der Waals surface area contributed by atoms with Gasteiger partial charge in [-0.1, -0.05) is 0 Å². The van der Waals surface area contributed by atoms with Crippen molar-refractivity contribution in [2.75, 3.05) is 6.54 Å². The molecule has 0 bridgehead atoms. The lowest BCUT2D eigenvalue weighted by atomic mass is 10.2. The molecule has 0 aliphatic heterocycles. The highest BCUT2D eigenvalue weighted by atomic mass is 15.3. The summed E-state index contributed by atoms with van der Waals surface area (Å²) in [7, 11) is 2.01. The first-order chi connectivity index (χ1) is 11.7. The molecule has 0 radical (unpaired) electrons. The molecule has 0 unspecified atom stereocenters. The zero-order chi connectivity index (χ0) is 16.8. The van der Waals surface area contributed by atoms with E-state index in [0.717, 1.165) is 38.3 Å². The molecule has 3 aromatic rings. The Morgan fingerprint density at radius 2 is 1.92 bits per heavy atom. The molecule has 0 aromatic carbocycles. The van der Waals surface area contributed by atoms with E-state index in [-0.39, 0.29) is 0 Å². The molecule has 6 heteroatoms. The number of rotatable bonds is 8. The number of hydrogen-bond donors (Lipinski definition) is 0. The van der Waals surface area contributed by atoms with E-state index in [9.17, 15) is 0 Å². The first kappa shape index (κ1) is 16.4. The number of imidazole rings is 1. The summed E-state index contributed by atoms with van der Waals surface area (Å²) in [6.07, 6.45) is 10.5. The average molecular weight is 324 g/mol. The van der Waals surface area contributed by atoms with Crippen molar-refractivity contribution in [1.82, 2.24) is 29.2 Å². The van der Waals surface area contributed by atoms with Gasteiger partial charge in [0.2, 0.25) is 0 Å². The predicted molar refractivity (Wildman–Crippen MR) is 93.1 cm³/mol. The van der Waals surface area contributed by atoms with Crippen molar-refractivity contribution in [3.8, 4) is 0 Å². The molecule has 0 aliphatic rings. The van der Waals surface area contributed by atoms with E-state index in [2.05, 4.69) is 42.7 Å². The third-order valence-electron chi connectivity index (χ3n) is 4.09. The molecule has 0 fully saturated rings. The summed E-state index contributed by atoms with van der Waals surface area (Å²) in [6.45, 7) is 5.85. The number of aromatic nitrogens is 5. The van der Waals surface area contributed by atoms with Gasteiger partial charge in [-0.2, -0.15) is 5.10 Å². The molecule has 3 rings (SSSR count). The van der Waals surface area contributed by atoms with Crippen molar-refractivity contribution < 1.29 is 0 Å². The number of aryl methyl sites for hydroxylation is 3. The van der Waals surface area contributed by atoms with Crippen molar-refractivity contribution in [1.29, 1.82) is 0 Å². The Hall–Kier alpha value is -2.47. The van der Waals surface area contributed by atoms with Gasteiger partial charge in [0.15, 0.2) is 0 Å². The van der Waals surface area contributed by atoms with Gasteiger partial charge < -0.3 is 4.57 Å². The Morgan fingerprint density at radius 3 is 2.58 bits per heavy atom. The van der Waals surface area contributed by atoms with Crippen molar-refractivity contribution in [3.63, 3.8) is 0 Å². The van der Waals surface area contributed by atoms with Gasteiger partial charge in [-0.15, -0.1) is 0 Å². The minimum absolute atomic E-state index is 0.892. The fourth-order valence-corrected chi connectivity index (χ4v) is 2.90. The van der Waals surface area contributed by atoms with Crippen LogP contribution in [-0.4, -0.2) is 35.8 Å². The van der Waals surface area contributed by atoms with Crippen LogP contribution in [0.3, 0.4) is 0 Å². The van der Waals surface area contributed by atoms with Crippen LogP contribution in [0, 0.1) is 6.92 Å². The first-order valence-electron chi connectivity index (χ1n) is 8.27. The second kappa shape index (κ2) is 7.88. The molecule has 126 valence electrons. The fraction of sp³-hybridized carbons (Fsp3) is 0.389. The van der Waals surface area contributed by atoms with Crippen molar-refractivity contribution >= 4 is 0 Å². The predicted octanol–water partition coefficient (Wildman–Crippen LogP) is 2.41. The standard InChI is InChI=1S/C18H24N6/c1-16-12-18(22(2)21-16)14-24(13-17-4-6-19-7-5-17)10-3-9-23-11-8-20-15-23/h4-8,11-12,15H,3,9-10,13-14H2,1-2H3. The zero-order valence-corrected chi connectivity index (χ0v) is 14.3. The summed E-state index contributed by atoms with van der Waals surface area (Å²) in [5, 5.41) is 4.46. The molecule has 24 heavy (non-hydrogen) atoms. The largest absolute Gasteiger partial charge is 0.337 e. The lowest BCUT2D eigenvalue weighted by molar-refractivity contribution is 0.242. The minimum atomic E-state index is 0.892. The Labute approximate surface area is 142 Å². The summed E-state index contributed by atoms with van der Waals surface area (Å²) in [6, 6.07) is 6.32. The van der Waals surface area contributed by atoms with Crippen molar-refractivity contribution in [2.45, 2.75) is 33.0 Å². The second-order valence-electron chi connectivity index (χ2n) is 6.12. The van der Waals surface area contributed by atoms with Crippen LogP contribution in [0.4, 0.5) is 0 Å². The van der Waals surface area contributed by atoms with Gasteiger partial charge in [0.25, 0.3) is 0 Å². The third kappa shape index (κ3) is 4.52. The summed E-state index contributed by atoms with van der Waals surface area (Å²) in [5.74, 6) is 0. The van der Waals surface area contributed by atoms with Gasteiger partial charge in [0.1, 0.15) is 0 Å². The topological polar surface area (TPSA) is 51.8 Å². The Balaban J connectivity index is 1.64. The molecule has 0 N–H and O–H groups in total. The highest BCUT2D eigenvalue weighted by molar-refractivity contribution is 5.11. The van der Waals surface area contributed by atoms with E-state index in [4.69, 9.17) is 0 Å². The molecular weight excluding hydrogens is 300 g/mol. The van der Waals surface area contributed by atoms with Gasteiger partial charge in [-0.3, -0.25) is 14.6 Å². The Kier molecular flexibility index (Phi) is 5.38. The van der Waals surface area contributed by atoms with Crippen LogP contribution in [0.5, 0.6) is 0 Å². The molecule has 6 nitrogen and oxygen atoms in total. The highest BCUT2D eigenvalue weighted by Crippen LogP contribution is 2.11. The maximum atomic E-state index is 4.46. The Morgan fingerprint density at radius 1 is 1.08 bits per heavy atom. The van der Waals surface area contributed by atoms with E-state index in [1.807, 2.05) is 49.8 Å². The first-order valence-corrected chi connectivity index (χ1v) is 8.27. The fourth-order valence-electron chi connectivity index (χ4n) is 2.90. The smallest absolute Gasteiger partial charge is 0.0945 e. The van der Waals surface area contributed by atoms with E-state index >= 15 is 0 Å². The molecule has 0 saturated heterocycles. The van der Waals surface area contributed by atoms with Gasteiger partial charge in [-0.05, 0) is 37.1 Å². The molecule has 3 aromatic heterocycles. The van der Waals surface area contributed by atoms with E-state index in [1.54, 1.807) is 0 Å². The van der Waals surface area contributed by atoms with Gasteiger partial charge in [-0.25, -0.2) is 4.98 Å². The Bertz CT molecular complexity index is 732. The van der Waals surface area contributed by atoms with E-state index in [0.29, 0.717) is 0 Å². The summed E-state index contributed by atoms with van der Waals surface area (Å²) < 4.78 is 4.10. The lowest BCUT2D eigenvalue weighted by Crippen LogP contribution is -2.26. The molecule has 0 aliphatic carbocycles. The van der Waals surface area contributed by atoms with Gasteiger partial charge >= 0.3 is 0 Å². The summed E-state index contributed by atoms with van der Waals surface area (Å²) in [5.41, 5.74) is 3.59. The van der Waals surface area contributed by atoms with Crippen LogP contribution in [0.2, 0.25) is 0 Å². The molecular formula is C18H24N6.